The number of carbonyl (C=O) groups is 1. The van der Waals surface area contributed by atoms with Crippen LogP contribution < -0.4 is 5.73 Å². The normalized spacial score (nSPS) is 25.2. The molecule has 0 aromatic carbocycles. The van der Waals surface area contributed by atoms with Crippen LogP contribution in [0.4, 0.5) is 0 Å². The van der Waals surface area contributed by atoms with Gasteiger partial charge in [-0.3, -0.25) is 4.79 Å². The van der Waals surface area contributed by atoms with Gasteiger partial charge in [0.1, 0.15) is 5.76 Å². The molecule has 92 valence electrons. The number of Topliss-reactive ketones (excluding diaryl/α,β-unsaturated/α-hetero) is 1. The molecule has 0 aliphatic heterocycles. The summed E-state index contributed by atoms with van der Waals surface area (Å²) in [7, 11) is 0. The maximum Gasteiger partial charge on any atom is 0.168 e. The van der Waals surface area contributed by atoms with Crippen LogP contribution in [0.1, 0.15) is 59.8 Å². The molecular weight excluding hydrogens is 216 g/mol. The first-order valence-electron chi connectivity index (χ1n) is 6.51. The molecule has 2 N–H and O–H groups in total. The second-order valence-electron chi connectivity index (χ2n) is 5.28. The minimum absolute atomic E-state index is 0.185. The Labute approximate surface area is 101 Å². The van der Waals surface area contributed by atoms with Crippen LogP contribution in [0, 0.1) is 5.92 Å². The molecule has 0 bridgehead atoms. The van der Waals surface area contributed by atoms with Gasteiger partial charge in [-0.05, 0) is 25.3 Å². The Bertz CT molecular complexity index is 433. The maximum atomic E-state index is 12.1. The minimum atomic E-state index is 0.185. The van der Waals surface area contributed by atoms with Crippen LogP contribution in [0.5, 0.6) is 0 Å². The van der Waals surface area contributed by atoms with Crippen LogP contribution in [0.25, 0.3) is 0 Å². The number of hydrogen-bond acceptors (Lipinski definition) is 4. The fraction of sp³-hybridized carbons (Fsp3) is 0.692. The van der Waals surface area contributed by atoms with Crippen molar-refractivity contribution in [1.29, 1.82) is 0 Å². The van der Waals surface area contributed by atoms with Crippen molar-refractivity contribution < 1.29 is 9.32 Å². The van der Waals surface area contributed by atoms with Gasteiger partial charge in [-0.1, -0.05) is 18.0 Å². The van der Waals surface area contributed by atoms with Gasteiger partial charge in [-0.15, -0.1) is 0 Å². The molecule has 1 atom stereocenters. The van der Waals surface area contributed by atoms with Crippen LogP contribution >= 0.6 is 0 Å². The molecule has 2 aliphatic carbocycles. The van der Waals surface area contributed by atoms with Gasteiger partial charge < -0.3 is 10.3 Å². The summed E-state index contributed by atoms with van der Waals surface area (Å²) in [6, 6.07) is 0. The molecule has 2 aliphatic rings. The topological polar surface area (TPSA) is 69.1 Å². The lowest BCUT2D eigenvalue weighted by Crippen LogP contribution is -2.26. The van der Waals surface area contributed by atoms with Crippen molar-refractivity contribution in [3.8, 4) is 0 Å². The van der Waals surface area contributed by atoms with Crippen LogP contribution in [0.3, 0.4) is 0 Å². The third kappa shape index (κ3) is 1.80. The first-order valence-corrected chi connectivity index (χ1v) is 6.51. The molecule has 4 nitrogen and oxygen atoms in total. The number of fused-ring (bicyclic) bond motifs is 1. The van der Waals surface area contributed by atoms with Crippen molar-refractivity contribution in [2.45, 2.75) is 44.4 Å². The summed E-state index contributed by atoms with van der Waals surface area (Å²) in [6.07, 6.45) is 6.11. The average molecular weight is 234 g/mol. The van der Waals surface area contributed by atoms with Crippen molar-refractivity contribution >= 4 is 5.78 Å². The Hall–Kier alpha value is -1.16. The van der Waals surface area contributed by atoms with E-state index in [4.69, 9.17) is 10.3 Å². The lowest BCUT2D eigenvalue weighted by molar-refractivity contribution is 0.0944. The Kier molecular flexibility index (Phi) is 2.74. The van der Waals surface area contributed by atoms with Gasteiger partial charge in [-0.25, -0.2) is 0 Å². The van der Waals surface area contributed by atoms with Gasteiger partial charge in [0.25, 0.3) is 0 Å². The number of nitrogens with zero attached hydrogens (tertiary/aromatic N) is 1. The molecule has 0 saturated heterocycles. The van der Waals surface area contributed by atoms with Gasteiger partial charge in [0.2, 0.25) is 0 Å². The summed E-state index contributed by atoms with van der Waals surface area (Å²) in [4.78, 5) is 12.1. The second-order valence-corrected chi connectivity index (χ2v) is 5.28. The fourth-order valence-corrected chi connectivity index (χ4v) is 3.12. The van der Waals surface area contributed by atoms with E-state index in [-0.39, 0.29) is 11.7 Å². The summed E-state index contributed by atoms with van der Waals surface area (Å²) in [5, 5.41) is 4.16. The highest BCUT2D eigenvalue weighted by atomic mass is 16.5. The summed E-state index contributed by atoms with van der Waals surface area (Å²) < 4.78 is 5.38. The standard InChI is InChI=1S/C13H18N2O2/c14-7-8-5-10(16)12-11(6-8)17-15-13(12)9-3-1-2-4-9/h8-9H,1-7,14H2. The highest BCUT2D eigenvalue weighted by Crippen LogP contribution is 2.38. The highest BCUT2D eigenvalue weighted by Gasteiger charge is 2.34. The van der Waals surface area contributed by atoms with Gasteiger partial charge in [0.05, 0.1) is 11.3 Å². The average Bonchev–Trinajstić information content (AvgIpc) is 2.96. The molecule has 1 unspecified atom stereocenters. The largest absolute Gasteiger partial charge is 0.360 e. The summed E-state index contributed by atoms with van der Waals surface area (Å²) in [5.74, 6) is 1.64. The van der Waals surface area contributed by atoms with E-state index in [2.05, 4.69) is 5.16 Å². The number of aromatic nitrogens is 1. The predicted octanol–water partition coefficient (Wildman–Crippen LogP) is 2.04. The van der Waals surface area contributed by atoms with Crippen LogP contribution in [0.2, 0.25) is 0 Å². The van der Waals surface area contributed by atoms with E-state index in [9.17, 15) is 4.79 Å². The summed E-state index contributed by atoms with van der Waals surface area (Å²) in [6.45, 7) is 0.546. The van der Waals surface area contributed by atoms with Crippen LogP contribution in [0.15, 0.2) is 4.52 Å². The molecule has 1 heterocycles. The molecule has 1 saturated carbocycles. The Morgan fingerprint density at radius 2 is 2.06 bits per heavy atom. The van der Waals surface area contributed by atoms with E-state index in [1.165, 1.54) is 12.8 Å². The van der Waals surface area contributed by atoms with E-state index in [1.807, 2.05) is 0 Å². The molecule has 4 heteroatoms. The van der Waals surface area contributed by atoms with Crippen molar-refractivity contribution in [2.75, 3.05) is 6.54 Å². The van der Waals surface area contributed by atoms with E-state index in [0.717, 1.165) is 36.3 Å². The van der Waals surface area contributed by atoms with Crippen molar-refractivity contribution in [1.82, 2.24) is 5.16 Å². The number of rotatable bonds is 2. The van der Waals surface area contributed by atoms with Gasteiger partial charge in [0, 0.05) is 18.8 Å². The lowest BCUT2D eigenvalue weighted by atomic mass is 9.84. The van der Waals surface area contributed by atoms with Crippen molar-refractivity contribution in [2.24, 2.45) is 11.7 Å². The maximum absolute atomic E-state index is 12.1. The molecule has 3 rings (SSSR count). The molecule has 1 aromatic heterocycles. The smallest absolute Gasteiger partial charge is 0.168 e. The van der Waals surface area contributed by atoms with Crippen molar-refractivity contribution in [3.63, 3.8) is 0 Å². The molecule has 1 fully saturated rings. The quantitative estimate of drug-likeness (QED) is 0.850. The zero-order chi connectivity index (χ0) is 11.8. The van der Waals surface area contributed by atoms with Gasteiger partial charge in [0.15, 0.2) is 5.78 Å². The van der Waals surface area contributed by atoms with Gasteiger partial charge in [-0.2, -0.15) is 0 Å². The first-order chi connectivity index (χ1) is 8.29. The van der Waals surface area contributed by atoms with E-state index in [0.29, 0.717) is 18.9 Å². The Morgan fingerprint density at radius 1 is 1.29 bits per heavy atom. The predicted molar refractivity (Wildman–Crippen MR) is 62.9 cm³/mol. The van der Waals surface area contributed by atoms with Crippen LogP contribution in [-0.2, 0) is 6.42 Å². The van der Waals surface area contributed by atoms with E-state index < -0.39 is 0 Å². The van der Waals surface area contributed by atoms with Gasteiger partial charge >= 0.3 is 0 Å². The highest BCUT2D eigenvalue weighted by molar-refractivity contribution is 5.99. The van der Waals surface area contributed by atoms with E-state index in [1.54, 1.807) is 0 Å². The second kappa shape index (κ2) is 4.26. The molecule has 0 radical (unpaired) electrons. The fourth-order valence-electron chi connectivity index (χ4n) is 3.12. The SMILES string of the molecule is NCC1CC(=O)c2c(C3CCCC3)noc2C1. The van der Waals surface area contributed by atoms with Crippen LogP contribution in [-0.4, -0.2) is 17.5 Å². The zero-order valence-electron chi connectivity index (χ0n) is 9.95. The Balaban J connectivity index is 1.94. The molecule has 1 aromatic rings. The number of hydrogen-bond donors (Lipinski definition) is 1. The number of nitrogens with two attached hydrogens (primary N) is 1. The third-order valence-electron chi connectivity index (χ3n) is 4.09. The molecule has 17 heavy (non-hydrogen) atoms. The molecule has 0 spiro atoms. The lowest BCUT2D eigenvalue weighted by Gasteiger charge is -2.18. The Morgan fingerprint density at radius 3 is 2.76 bits per heavy atom. The zero-order valence-corrected chi connectivity index (χ0v) is 9.95. The number of ketones is 1. The summed E-state index contributed by atoms with van der Waals surface area (Å²) >= 11 is 0. The first kappa shape index (κ1) is 11.0. The monoisotopic (exact) mass is 234 g/mol. The molecular formula is C13H18N2O2. The molecule has 0 amide bonds. The number of carbonyl (C=O) groups excluding carboxylic acids is 1. The van der Waals surface area contributed by atoms with Crippen molar-refractivity contribution in [3.05, 3.63) is 17.0 Å². The minimum Gasteiger partial charge on any atom is -0.360 e. The summed E-state index contributed by atoms with van der Waals surface area (Å²) in [5.41, 5.74) is 7.36. The van der Waals surface area contributed by atoms with E-state index >= 15 is 0 Å². The third-order valence-corrected chi connectivity index (χ3v) is 4.09.